The lowest BCUT2D eigenvalue weighted by atomic mass is 10.2. The van der Waals surface area contributed by atoms with E-state index in [-0.39, 0.29) is 5.91 Å². The topological polar surface area (TPSA) is 71.1 Å². The summed E-state index contributed by atoms with van der Waals surface area (Å²) in [5, 5.41) is 10.5. The molecule has 0 unspecified atom stereocenters. The molecule has 0 aliphatic rings. The molecule has 0 radical (unpaired) electrons. The van der Waals surface area contributed by atoms with Crippen LogP contribution >= 0.6 is 15.9 Å². The number of fused-ring (bicyclic) bond motifs is 1. The van der Waals surface area contributed by atoms with Crippen molar-refractivity contribution in [1.82, 2.24) is 20.3 Å². The number of ether oxygens (including phenoxy) is 1. The van der Waals surface area contributed by atoms with Crippen molar-refractivity contribution in [3.63, 3.8) is 0 Å². The second-order valence-corrected chi connectivity index (χ2v) is 5.97. The number of halogens is 1. The van der Waals surface area contributed by atoms with Crippen LogP contribution in [0.5, 0.6) is 5.75 Å². The number of nitrogens with one attached hydrogen (secondary N) is 1. The van der Waals surface area contributed by atoms with Crippen LogP contribution in [0.4, 0.5) is 0 Å². The molecule has 0 bridgehead atoms. The van der Waals surface area contributed by atoms with Crippen LogP contribution < -0.4 is 4.74 Å². The van der Waals surface area contributed by atoms with E-state index in [0.29, 0.717) is 24.2 Å². The van der Waals surface area contributed by atoms with Crippen LogP contribution in [0, 0.1) is 0 Å². The number of carbonyl (C=O) groups excluding carboxylic acids is 1. The van der Waals surface area contributed by atoms with Gasteiger partial charge in [-0.1, -0.05) is 15.9 Å². The minimum absolute atomic E-state index is 0.0747. The number of aromatic amines is 1. The van der Waals surface area contributed by atoms with Crippen molar-refractivity contribution in [3.8, 4) is 5.75 Å². The fourth-order valence-electron chi connectivity index (χ4n) is 2.13. The number of hydrogen-bond acceptors (Lipinski definition) is 4. The largest absolute Gasteiger partial charge is 0.492 e. The average Bonchev–Trinajstić information content (AvgIpc) is 3.03. The van der Waals surface area contributed by atoms with Gasteiger partial charge in [0.1, 0.15) is 23.4 Å². The molecule has 0 spiro atoms. The molecule has 1 heterocycles. The Morgan fingerprint density at radius 3 is 2.70 bits per heavy atom. The van der Waals surface area contributed by atoms with E-state index >= 15 is 0 Å². The number of carbonyl (C=O) groups is 1. The summed E-state index contributed by atoms with van der Waals surface area (Å²) in [6.45, 7) is 0.918. The highest BCUT2D eigenvalue weighted by molar-refractivity contribution is 9.10. The predicted molar refractivity (Wildman–Crippen MR) is 90.5 cm³/mol. The lowest BCUT2D eigenvalue weighted by Crippen LogP contribution is -2.30. The molecule has 2 aromatic carbocycles. The molecule has 1 amide bonds. The van der Waals surface area contributed by atoms with Gasteiger partial charge in [-0.2, -0.15) is 15.4 Å². The SMILES string of the molecule is CN(CCOc1ccc(Br)cc1)C(=O)c1ccc2n[nH]nc2c1. The van der Waals surface area contributed by atoms with Gasteiger partial charge >= 0.3 is 0 Å². The first-order chi connectivity index (χ1) is 11.1. The second kappa shape index (κ2) is 6.78. The molecule has 0 saturated carbocycles. The van der Waals surface area contributed by atoms with Crippen molar-refractivity contribution in [2.45, 2.75) is 0 Å². The standard InChI is InChI=1S/C16H15BrN4O2/c1-21(8-9-23-13-5-3-12(17)4-6-13)16(22)11-2-7-14-15(10-11)19-20-18-14/h2-7,10H,8-9H2,1H3,(H,18,19,20). The van der Waals surface area contributed by atoms with Crippen LogP contribution in [0.1, 0.15) is 10.4 Å². The van der Waals surface area contributed by atoms with Crippen LogP contribution in [0.3, 0.4) is 0 Å². The Morgan fingerprint density at radius 1 is 1.17 bits per heavy atom. The molecule has 7 heteroatoms. The fraction of sp³-hybridized carbons (Fsp3) is 0.188. The number of amides is 1. The zero-order valence-corrected chi connectivity index (χ0v) is 14.1. The summed E-state index contributed by atoms with van der Waals surface area (Å²) in [6.07, 6.45) is 0. The molecule has 3 rings (SSSR count). The smallest absolute Gasteiger partial charge is 0.253 e. The van der Waals surface area contributed by atoms with Gasteiger partial charge in [0.25, 0.3) is 5.91 Å². The van der Waals surface area contributed by atoms with E-state index in [9.17, 15) is 4.79 Å². The Bertz CT molecular complexity index is 816. The molecule has 0 atom stereocenters. The summed E-state index contributed by atoms with van der Waals surface area (Å²) in [6, 6.07) is 12.8. The lowest BCUT2D eigenvalue weighted by molar-refractivity contribution is 0.0774. The van der Waals surface area contributed by atoms with Gasteiger partial charge in [-0.15, -0.1) is 0 Å². The zero-order chi connectivity index (χ0) is 16.2. The Kier molecular flexibility index (Phi) is 4.57. The molecule has 1 aromatic heterocycles. The van der Waals surface area contributed by atoms with Gasteiger partial charge in [0, 0.05) is 17.1 Å². The maximum Gasteiger partial charge on any atom is 0.253 e. The Morgan fingerprint density at radius 2 is 1.91 bits per heavy atom. The van der Waals surface area contributed by atoms with Gasteiger partial charge in [-0.3, -0.25) is 4.79 Å². The van der Waals surface area contributed by atoms with Crippen LogP contribution in [0.25, 0.3) is 11.0 Å². The molecule has 118 valence electrons. The van der Waals surface area contributed by atoms with E-state index in [0.717, 1.165) is 15.7 Å². The normalized spacial score (nSPS) is 10.7. The minimum atomic E-state index is -0.0747. The Hall–Kier alpha value is -2.41. The van der Waals surface area contributed by atoms with E-state index in [2.05, 4.69) is 31.3 Å². The summed E-state index contributed by atoms with van der Waals surface area (Å²) >= 11 is 3.38. The lowest BCUT2D eigenvalue weighted by Gasteiger charge is -2.17. The molecule has 1 N–H and O–H groups in total. The number of nitrogens with zero attached hydrogens (tertiary/aromatic N) is 3. The van der Waals surface area contributed by atoms with Crippen molar-refractivity contribution in [2.75, 3.05) is 20.2 Å². The van der Waals surface area contributed by atoms with Crippen molar-refractivity contribution < 1.29 is 9.53 Å². The number of aromatic nitrogens is 3. The Balaban J connectivity index is 1.57. The van der Waals surface area contributed by atoms with Crippen LogP contribution in [-0.4, -0.2) is 46.4 Å². The van der Waals surface area contributed by atoms with Crippen LogP contribution in [0.2, 0.25) is 0 Å². The number of hydrogen-bond donors (Lipinski definition) is 1. The summed E-state index contributed by atoms with van der Waals surface area (Å²) in [4.78, 5) is 14.0. The molecule has 6 nitrogen and oxygen atoms in total. The quantitative estimate of drug-likeness (QED) is 0.745. The van der Waals surface area contributed by atoms with Gasteiger partial charge < -0.3 is 9.64 Å². The zero-order valence-electron chi connectivity index (χ0n) is 12.5. The first-order valence-corrected chi connectivity index (χ1v) is 7.87. The van der Waals surface area contributed by atoms with Crippen LogP contribution in [-0.2, 0) is 0 Å². The monoisotopic (exact) mass is 374 g/mol. The fourth-order valence-corrected chi connectivity index (χ4v) is 2.39. The van der Waals surface area contributed by atoms with Crippen molar-refractivity contribution in [2.24, 2.45) is 0 Å². The van der Waals surface area contributed by atoms with E-state index in [4.69, 9.17) is 4.74 Å². The first-order valence-electron chi connectivity index (χ1n) is 7.08. The maximum atomic E-state index is 12.4. The number of H-pyrrole nitrogens is 1. The third-order valence-electron chi connectivity index (χ3n) is 3.42. The number of rotatable bonds is 5. The van der Waals surface area contributed by atoms with Gasteiger partial charge in [0.15, 0.2) is 0 Å². The minimum Gasteiger partial charge on any atom is -0.492 e. The van der Waals surface area contributed by atoms with Gasteiger partial charge in [-0.25, -0.2) is 0 Å². The molecular formula is C16H15BrN4O2. The Labute approximate surface area is 141 Å². The van der Waals surface area contributed by atoms with E-state index in [1.807, 2.05) is 24.3 Å². The van der Waals surface area contributed by atoms with Crippen molar-refractivity contribution in [1.29, 1.82) is 0 Å². The summed E-state index contributed by atoms with van der Waals surface area (Å²) < 4.78 is 6.63. The molecule has 0 fully saturated rings. The molecule has 3 aromatic rings. The molecule has 0 aliphatic carbocycles. The number of likely N-dealkylation sites (N-methyl/N-ethyl adjacent to an activating group) is 1. The van der Waals surface area contributed by atoms with E-state index < -0.39 is 0 Å². The van der Waals surface area contributed by atoms with Gasteiger partial charge in [-0.05, 0) is 42.5 Å². The maximum absolute atomic E-state index is 12.4. The summed E-state index contributed by atoms with van der Waals surface area (Å²) in [5.74, 6) is 0.701. The summed E-state index contributed by atoms with van der Waals surface area (Å²) in [5.41, 5.74) is 2.00. The molecule has 0 aliphatic heterocycles. The third kappa shape index (κ3) is 3.68. The highest BCUT2D eigenvalue weighted by Crippen LogP contribution is 2.16. The average molecular weight is 375 g/mol. The summed E-state index contributed by atoms with van der Waals surface area (Å²) in [7, 11) is 1.75. The van der Waals surface area contributed by atoms with Gasteiger partial charge in [0.2, 0.25) is 0 Å². The molecule has 23 heavy (non-hydrogen) atoms. The first kappa shape index (κ1) is 15.5. The highest BCUT2D eigenvalue weighted by Gasteiger charge is 2.13. The highest BCUT2D eigenvalue weighted by atomic mass is 79.9. The van der Waals surface area contributed by atoms with Crippen molar-refractivity contribution >= 4 is 32.9 Å². The van der Waals surface area contributed by atoms with Crippen LogP contribution in [0.15, 0.2) is 46.9 Å². The van der Waals surface area contributed by atoms with Crippen molar-refractivity contribution in [3.05, 3.63) is 52.5 Å². The second-order valence-electron chi connectivity index (χ2n) is 5.06. The number of benzene rings is 2. The van der Waals surface area contributed by atoms with E-state index in [1.165, 1.54) is 0 Å². The molecular weight excluding hydrogens is 360 g/mol. The predicted octanol–water partition coefficient (Wildman–Crippen LogP) is 2.87. The van der Waals surface area contributed by atoms with E-state index in [1.54, 1.807) is 30.1 Å². The third-order valence-corrected chi connectivity index (χ3v) is 3.95. The van der Waals surface area contributed by atoms with Gasteiger partial charge in [0.05, 0.1) is 6.54 Å². The molecule has 0 saturated heterocycles.